The first kappa shape index (κ1) is 38.4. The second kappa shape index (κ2) is 15.2. The lowest BCUT2D eigenvalue weighted by molar-refractivity contribution is -0.192. The second-order valence-corrected chi connectivity index (χ2v) is 11.9. The maximum atomic E-state index is 13.9. The molecule has 0 aliphatic heterocycles. The zero-order valence-electron chi connectivity index (χ0n) is 26.1. The molecule has 2 aliphatic rings. The molecule has 0 bridgehead atoms. The fraction of sp³-hybridized carbons (Fsp3) is 0.533. The Morgan fingerprint density at radius 2 is 1.62 bits per heavy atom. The Kier molecular flexibility index (Phi) is 11.7. The van der Waals surface area contributed by atoms with E-state index in [1.165, 1.54) is 6.07 Å². The van der Waals surface area contributed by atoms with Gasteiger partial charge in [-0.3, -0.25) is 9.59 Å². The number of hydrogen-bond donors (Lipinski definition) is 4. The van der Waals surface area contributed by atoms with Gasteiger partial charge in [0.15, 0.2) is 12.3 Å². The molecular formula is C30H31F11N6O3. The van der Waals surface area contributed by atoms with Crippen molar-refractivity contribution in [3.63, 3.8) is 0 Å². The summed E-state index contributed by atoms with van der Waals surface area (Å²) in [4.78, 5) is 36.2. The highest BCUT2D eigenvalue weighted by Gasteiger charge is 2.68. The molecule has 2 aromatic heterocycles. The van der Waals surface area contributed by atoms with Gasteiger partial charge in [-0.15, -0.1) is 0 Å². The van der Waals surface area contributed by atoms with E-state index < -0.39 is 73.0 Å². The van der Waals surface area contributed by atoms with Crippen LogP contribution in [0.15, 0.2) is 24.3 Å². The average molecular weight is 733 g/mol. The predicted octanol–water partition coefficient (Wildman–Crippen LogP) is 7.81. The number of carbonyl (C=O) groups is 2. The summed E-state index contributed by atoms with van der Waals surface area (Å²) in [7, 11) is 0. The van der Waals surface area contributed by atoms with Crippen LogP contribution >= 0.6 is 0 Å². The molecule has 20 heteroatoms. The molecule has 5 rings (SSSR count). The number of aromatic nitrogens is 3. The van der Waals surface area contributed by atoms with E-state index in [0.717, 1.165) is 37.8 Å². The van der Waals surface area contributed by atoms with Crippen molar-refractivity contribution in [2.24, 2.45) is 11.3 Å². The standard InChI is InChI=1S/C29H30F8N6O3.CHF3/c1-14-2-5-16(6-3-14)39-23(44)17-11-20-22(42-24(17)46-13-21(30)31)43-26(41-20)40-19-10-15(4-7-18(19)28(32,33)34)12-38-25(45)27(8-9-27)29(35,36)37;2-1(3)4/h4,7,10-11,14,16,21H,2-3,5-6,8-9,12-13H2,1H3,(H,38,45)(H,39,44)(H2,40,41,42,43);1H. The van der Waals surface area contributed by atoms with Crippen molar-refractivity contribution in [1.82, 2.24) is 25.6 Å². The van der Waals surface area contributed by atoms with E-state index in [1.807, 2.05) is 0 Å². The lowest BCUT2D eigenvalue weighted by atomic mass is 9.87. The number of ether oxygens (including phenoxy) is 1. The number of benzene rings is 1. The molecule has 3 aromatic rings. The number of imidazole rings is 1. The van der Waals surface area contributed by atoms with Crippen LogP contribution in [0.1, 0.15) is 66.9 Å². The highest BCUT2D eigenvalue weighted by Crippen LogP contribution is 2.57. The smallest absolute Gasteiger partial charge is 0.418 e. The Bertz CT molecular complexity index is 1650. The van der Waals surface area contributed by atoms with Crippen molar-refractivity contribution in [1.29, 1.82) is 0 Å². The summed E-state index contributed by atoms with van der Waals surface area (Å²) in [6, 6.07) is 3.81. The van der Waals surface area contributed by atoms with Gasteiger partial charge < -0.3 is 25.7 Å². The molecule has 2 amide bonds. The summed E-state index contributed by atoms with van der Waals surface area (Å²) in [5, 5.41) is 7.47. The molecule has 0 atom stereocenters. The van der Waals surface area contributed by atoms with Gasteiger partial charge in [0.05, 0.1) is 16.8 Å². The van der Waals surface area contributed by atoms with E-state index >= 15 is 0 Å². The van der Waals surface area contributed by atoms with E-state index in [-0.39, 0.29) is 47.1 Å². The Hall–Kier alpha value is -4.39. The average Bonchev–Trinajstić information content (AvgIpc) is 3.75. The molecule has 0 spiro atoms. The highest BCUT2D eigenvalue weighted by atomic mass is 19.4. The van der Waals surface area contributed by atoms with Gasteiger partial charge in [-0.25, -0.2) is 8.78 Å². The number of nitrogens with zero attached hydrogens (tertiary/aromatic N) is 2. The molecule has 0 saturated heterocycles. The van der Waals surface area contributed by atoms with Crippen molar-refractivity contribution >= 4 is 34.6 Å². The van der Waals surface area contributed by atoms with E-state index in [2.05, 4.69) is 37.8 Å². The summed E-state index contributed by atoms with van der Waals surface area (Å²) in [5.74, 6) is -2.10. The number of halogens is 11. The third kappa shape index (κ3) is 9.64. The Morgan fingerprint density at radius 1 is 0.980 bits per heavy atom. The topological polar surface area (TPSA) is 121 Å². The lowest BCUT2D eigenvalue weighted by Crippen LogP contribution is -2.40. The van der Waals surface area contributed by atoms with E-state index in [9.17, 15) is 57.9 Å². The maximum absolute atomic E-state index is 13.9. The Labute approximate surface area is 276 Å². The number of anilines is 2. The van der Waals surface area contributed by atoms with Gasteiger partial charge in [-0.05, 0) is 68.2 Å². The number of H-pyrrole nitrogens is 1. The van der Waals surface area contributed by atoms with Crippen LogP contribution in [0, 0.1) is 11.3 Å². The molecule has 2 aliphatic carbocycles. The third-order valence-electron chi connectivity index (χ3n) is 8.20. The SMILES string of the molecule is CC1CCC(NC(=O)c2cc3[nH]c(Nc4cc(CNC(=O)C5(C(F)(F)F)CC5)ccc4C(F)(F)F)nc3nc2OCC(F)F)CC1.FC(F)F. The molecule has 1 aromatic carbocycles. The Balaban J connectivity index is 0.00000133. The fourth-order valence-electron chi connectivity index (χ4n) is 5.36. The van der Waals surface area contributed by atoms with Gasteiger partial charge in [0, 0.05) is 12.6 Å². The summed E-state index contributed by atoms with van der Waals surface area (Å²) in [6.07, 6.45) is -10.0. The minimum absolute atomic E-state index is 0.0646. The molecule has 0 radical (unpaired) electrons. The molecule has 9 nitrogen and oxygen atoms in total. The second-order valence-electron chi connectivity index (χ2n) is 11.9. The first-order valence-electron chi connectivity index (χ1n) is 15.2. The zero-order chi connectivity index (χ0) is 37.0. The number of pyridine rings is 1. The number of hydrogen-bond acceptors (Lipinski definition) is 6. The van der Waals surface area contributed by atoms with Crippen LogP contribution in [-0.2, 0) is 17.5 Å². The molecule has 0 unspecified atom stereocenters. The number of carbonyl (C=O) groups excluding carboxylic acids is 2. The van der Waals surface area contributed by atoms with Crippen LogP contribution in [0.4, 0.5) is 59.9 Å². The summed E-state index contributed by atoms with van der Waals surface area (Å²) < 4.78 is 141. The fourth-order valence-corrected chi connectivity index (χ4v) is 5.36. The van der Waals surface area contributed by atoms with Crippen LogP contribution in [0.25, 0.3) is 11.2 Å². The number of fused-ring (bicyclic) bond motifs is 1. The maximum Gasteiger partial charge on any atom is 0.418 e. The van der Waals surface area contributed by atoms with Gasteiger partial charge in [0.2, 0.25) is 17.7 Å². The molecule has 276 valence electrons. The zero-order valence-corrected chi connectivity index (χ0v) is 26.1. The summed E-state index contributed by atoms with van der Waals surface area (Å²) in [6.45, 7) is -3.12. The van der Waals surface area contributed by atoms with E-state index in [4.69, 9.17) is 4.74 Å². The van der Waals surface area contributed by atoms with Gasteiger partial charge >= 0.3 is 19.0 Å². The molecule has 4 N–H and O–H groups in total. The molecule has 2 heterocycles. The van der Waals surface area contributed by atoms with Crippen molar-refractivity contribution in [2.75, 3.05) is 11.9 Å². The summed E-state index contributed by atoms with van der Waals surface area (Å²) >= 11 is 0. The van der Waals surface area contributed by atoms with Crippen LogP contribution in [-0.4, -0.2) is 58.7 Å². The van der Waals surface area contributed by atoms with Gasteiger partial charge in [0.25, 0.3) is 12.3 Å². The monoisotopic (exact) mass is 732 g/mol. The van der Waals surface area contributed by atoms with Gasteiger partial charge in [-0.2, -0.15) is 49.5 Å². The minimum Gasteiger partial charge on any atom is -0.471 e. The normalized spacial score (nSPS) is 18.8. The minimum atomic E-state index is -4.86. The van der Waals surface area contributed by atoms with Crippen LogP contribution in [0.3, 0.4) is 0 Å². The number of nitrogens with one attached hydrogen (secondary N) is 4. The third-order valence-corrected chi connectivity index (χ3v) is 8.20. The lowest BCUT2D eigenvalue weighted by Gasteiger charge is -2.27. The predicted molar refractivity (Wildman–Crippen MR) is 156 cm³/mol. The van der Waals surface area contributed by atoms with Crippen LogP contribution in [0.2, 0.25) is 0 Å². The quantitative estimate of drug-likeness (QED) is 0.158. The summed E-state index contributed by atoms with van der Waals surface area (Å²) in [5.41, 5.74) is -4.38. The number of amides is 2. The van der Waals surface area contributed by atoms with E-state index in [0.29, 0.717) is 12.0 Å². The number of alkyl halides is 11. The largest absolute Gasteiger partial charge is 0.471 e. The molecular weight excluding hydrogens is 701 g/mol. The van der Waals surface area contributed by atoms with Crippen molar-refractivity contribution in [3.05, 3.63) is 41.0 Å². The Morgan fingerprint density at radius 3 is 2.18 bits per heavy atom. The van der Waals surface area contributed by atoms with Crippen molar-refractivity contribution < 1.29 is 62.6 Å². The molecule has 2 saturated carbocycles. The van der Waals surface area contributed by atoms with E-state index in [1.54, 1.807) is 0 Å². The molecule has 50 heavy (non-hydrogen) atoms. The van der Waals surface area contributed by atoms with Crippen molar-refractivity contribution in [3.8, 4) is 5.88 Å². The highest BCUT2D eigenvalue weighted by molar-refractivity contribution is 5.99. The number of aromatic amines is 1. The first-order valence-corrected chi connectivity index (χ1v) is 15.2. The van der Waals surface area contributed by atoms with Crippen LogP contribution in [0.5, 0.6) is 5.88 Å². The first-order chi connectivity index (χ1) is 23.3. The van der Waals surface area contributed by atoms with Gasteiger partial charge in [-0.1, -0.05) is 13.0 Å². The van der Waals surface area contributed by atoms with Crippen molar-refractivity contribution in [2.45, 2.75) is 83.5 Å². The van der Waals surface area contributed by atoms with Gasteiger partial charge in [0.1, 0.15) is 11.0 Å². The molecule has 2 fully saturated rings. The number of rotatable bonds is 10. The van der Waals surface area contributed by atoms with Crippen LogP contribution < -0.4 is 20.7 Å².